The quantitative estimate of drug-likeness (QED) is 0.903. The molecule has 1 heterocycles. The highest BCUT2D eigenvalue weighted by molar-refractivity contribution is 5.39. The van der Waals surface area contributed by atoms with E-state index in [4.69, 9.17) is 9.47 Å². The van der Waals surface area contributed by atoms with Crippen molar-refractivity contribution in [1.29, 1.82) is 0 Å². The van der Waals surface area contributed by atoms with Gasteiger partial charge >= 0.3 is 0 Å². The highest BCUT2D eigenvalue weighted by atomic mass is 16.5. The first-order valence-corrected chi connectivity index (χ1v) is 7.62. The van der Waals surface area contributed by atoms with Gasteiger partial charge in [0.15, 0.2) is 0 Å². The van der Waals surface area contributed by atoms with E-state index >= 15 is 0 Å². The lowest BCUT2D eigenvalue weighted by molar-refractivity contribution is -0.0544. The second kappa shape index (κ2) is 6.77. The first-order valence-electron chi connectivity index (χ1n) is 7.62. The van der Waals surface area contributed by atoms with Crippen LogP contribution in [0.2, 0.25) is 0 Å². The molecule has 1 N–H and O–H groups in total. The molecule has 0 radical (unpaired) electrons. The van der Waals surface area contributed by atoms with E-state index in [1.54, 1.807) is 7.11 Å². The number of hydrogen-bond acceptors (Lipinski definition) is 4. The van der Waals surface area contributed by atoms with Gasteiger partial charge in [0.05, 0.1) is 20.3 Å². The van der Waals surface area contributed by atoms with Crippen LogP contribution in [0.1, 0.15) is 31.0 Å². The summed E-state index contributed by atoms with van der Waals surface area (Å²) >= 11 is 0. The Balaban J connectivity index is 2.21. The van der Waals surface area contributed by atoms with Crippen molar-refractivity contribution < 1.29 is 9.47 Å². The maximum Gasteiger partial charge on any atom is 0.123 e. The summed E-state index contributed by atoms with van der Waals surface area (Å²) in [5.41, 5.74) is 2.55. The molecule has 0 spiro atoms. The first-order chi connectivity index (χ1) is 9.97. The first kappa shape index (κ1) is 16.3. The normalized spacial score (nSPS) is 20.2. The molecule has 4 nitrogen and oxygen atoms in total. The van der Waals surface area contributed by atoms with Gasteiger partial charge in [-0.15, -0.1) is 0 Å². The number of rotatable bonds is 5. The predicted octanol–water partition coefficient (Wildman–Crippen LogP) is 2.37. The summed E-state index contributed by atoms with van der Waals surface area (Å²) in [7, 11) is 3.75. The minimum Gasteiger partial charge on any atom is -0.496 e. The summed E-state index contributed by atoms with van der Waals surface area (Å²) in [6.07, 6.45) is 0. The molecule has 1 fully saturated rings. The van der Waals surface area contributed by atoms with Gasteiger partial charge in [0.2, 0.25) is 0 Å². The van der Waals surface area contributed by atoms with Gasteiger partial charge in [0, 0.05) is 30.2 Å². The Morgan fingerprint density at radius 3 is 2.81 bits per heavy atom. The molecule has 1 aliphatic heterocycles. The zero-order valence-corrected chi connectivity index (χ0v) is 13.9. The molecule has 0 bridgehead atoms. The number of methoxy groups -OCH3 is 1. The van der Waals surface area contributed by atoms with Crippen molar-refractivity contribution in [2.45, 2.75) is 32.4 Å². The number of nitrogens with one attached hydrogen (secondary N) is 1. The molecule has 0 aromatic heterocycles. The largest absolute Gasteiger partial charge is 0.496 e. The number of aryl methyl sites for hydroxylation is 1. The number of hydrogen-bond donors (Lipinski definition) is 1. The maximum absolute atomic E-state index is 5.61. The number of nitrogens with zero attached hydrogens (tertiary/aromatic N) is 1. The van der Waals surface area contributed by atoms with Crippen LogP contribution in [0.5, 0.6) is 5.75 Å². The Kier molecular flexibility index (Phi) is 5.25. The molecule has 118 valence electrons. The van der Waals surface area contributed by atoms with Gasteiger partial charge in [0.25, 0.3) is 0 Å². The SMILES string of the molecule is CNC(CN1CCOCC1(C)C)c1cc(C)ccc1OC. The van der Waals surface area contributed by atoms with E-state index < -0.39 is 0 Å². The van der Waals surface area contributed by atoms with Crippen molar-refractivity contribution in [3.8, 4) is 5.75 Å². The molecule has 1 aromatic rings. The summed E-state index contributed by atoms with van der Waals surface area (Å²) in [6.45, 7) is 10.1. The van der Waals surface area contributed by atoms with Crippen LogP contribution >= 0.6 is 0 Å². The molecule has 1 aliphatic rings. The van der Waals surface area contributed by atoms with Crippen molar-refractivity contribution in [1.82, 2.24) is 10.2 Å². The summed E-state index contributed by atoms with van der Waals surface area (Å²) in [5, 5.41) is 3.44. The minimum absolute atomic E-state index is 0.0738. The lowest BCUT2D eigenvalue weighted by Crippen LogP contribution is -2.54. The minimum atomic E-state index is 0.0738. The number of ether oxygens (including phenoxy) is 2. The van der Waals surface area contributed by atoms with Crippen molar-refractivity contribution in [3.05, 3.63) is 29.3 Å². The fourth-order valence-corrected chi connectivity index (χ4v) is 2.92. The standard InChI is InChI=1S/C17H28N2O2/c1-13-6-7-16(20-5)14(10-13)15(18-4)11-19-8-9-21-12-17(19,2)3/h6-7,10,15,18H,8-9,11-12H2,1-5H3. The Morgan fingerprint density at radius 2 is 2.19 bits per heavy atom. The van der Waals surface area contributed by atoms with E-state index in [0.717, 1.165) is 32.1 Å². The Labute approximate surface area is 128 Å². The highest BCUT2D eigenvalue weighted by Crippen LogP contribution is 2.29. The molecule has 0 amide bonds. The highest BCUT2D eigenvalue weighted by Gasteiger charge is 2.32. The van der Waals surface area contributed by atoms with Gasteiger partial charge in [-0.1, -0.05) is 17.7 Å². The summed E-state index contributed by atoms with van der Waals surface area (Å²) in [5.74, 6) is 0.950. The van der Waals surface area contributed by atoms with Crippen molar-refractivity contribution in [2.75, 3.05) is 40.5 Å². The fraction of sp³-hybridized carbons (Fsp3) is 0.647. The van der Waals surface area contributed by atoms with E-state index in [1.165, 1.54) is 11.1 Å². The van der Waals surface area contributed by atoms with Crippen molar-refractivity contribution in [3.63, 3.8) is 0 Å². The van der Waals surface area contributed by atoms with Crippen LogP contribution < -0.4 is 10.1 Å². The molecule has 1 aromatic carbocycles. The van der Waals surface area contributed by atoms with E-state index in [1.807, 2.05) is 7.05 Å². The average molecular weight is 292 g/mol. The Bertz CT molecular complexity index is 474. The Morgan fingerprint density at radius 1 is 1.43 bits per heavy atom. The molecule has 21 heavy (non-hydrogen) atoms. The third-order valence-electron chi connectivity index (χ3n) is 4.33. The van der Waals surface area contributed by atoms with Crippen molar-refractivity contribution in [2.24, 2.45) is 0 Å². The molecule has 0 saturated carbocycles. The average Bonchev–Trinajstić information content (AvgIpc) is 2.46. The molecule has 1 unspecified atom stereocenters. The van der Waals surface area contributed by atoms with Gasteiger partial charge in [-0.25, -0.2) is 0 Å². The molecule has 1 saturated heterocycles. The lowest BCUT2D eigenvalue weighted by Gasteiger charge is -2.43. The smallest absolute Gasteiger partial charge is 0.123 e. The monoisotopic (exact) mass is 292 g/mol. The zero-order valence-electron chi connectivity index (χ0n) is 13.9. The molecule has 1 atom stereocenters. The van der Waals surface area contributed by atoms with Gasteiger partial charge < -0.3 is 14.8 Å². The molecular weight excluding hydrogens is 264 g/mol. The summed E-state index contributed by atoms with van der Waals surface area (Å²) in [4.78, 5) is 2.50. The molecule has 4 heteroatoms. The Hall–Kier alpha value is -1.10. The van der Waals surface area contributed by atoms with Crippen LogP contribution in [0.4, 0.5) is 0 Å². The van der Waals surface area contributed by atoms with Crippen LogP contribution in [-0.4, -0.2) is 50.9 Å². The zero-order chi connectivity index (χ0) is 15.5. The fourth-order valence-electron chi connectivity index (χ4n) is 2.92. The summed E-state index contributed by atoms with van der Waals surface area (Å²) < 4.78 is 11.2. The van der Waals surface area contributed by atoms with Crippen LogP contribution in [0.3, 0.4) is 0 Å². The van der Waals surface area contributed by atoms with Crippen LogP contribution in [0.25, 0.3) is 0 Å². The van der Waals surface area contributed by atoms with Gasteiger partial charge in [0.1, 0.15) is 5.75 Å². The molecular formula is C17H28N2O2. The third-order valence-corrected chi connectivity index (χ3v) is 4.33. The van der Waals surface area contributed by atoms with Crippen LogP contribution in [-0.2, 0) is 4.74 Å². The second-order valence-electron chi connectivity index (χ2n) is 6.40. The number of likely N-dealkylation sites (N-methyl/N-ethyl adjacent to an activating group) is 1. The van der Waals surface area contributed by atoms with E-state index in [9.17, 15) is 0 Å². The maximum atomic E-state index is 5.61. The van der Waals surface area contributed by atoms with E-state index in [2.05, 4.69) is 49.2 Å². The molecule has 0 aliphatic carbocycles. The molecule has 2 rings (SSSR count). The van der Waals surface area contributed by atoms with Crippen LogP contribution in [0.15, 0.2) is 18.2 Å². The lowest BCUT2D eigenvalue weighted by atomic mass is 9.98. The van der Waals surface area contributed by atoms with Gasteiger partial charge in [-0.3, -0.25) is 4.90 Å². The number of morpholine rings is 1. The summed E-state index contributed by atoms with van der Waals surface area (Å²) in [6, 6.07) is 6.61. The predicted molar refractivity (Wildman–Crippen MR) is 86.0 cm³/mol. The van der Waals surface area contributed by atoms with Gasteiger partial charge in [-0.2, -0.15) is 0 Å². The van der Waals surface area contributed by atoms with Gasteiger partial charge in [-0.05, 0) is 33.9 Å². The second-order valence-corrected chi connectivity index (χ2v) is 6.40. The third kappa shape index (κ3) is 3.76. The van der Waals surface area contributed by atoms with E-state index in [0.29, 0.717) is 0 Å². The van der Waals surface area contributed by atoms with Crippen molar-refractivity contribution >= 4 is 0 Å². The topological polar surface area (TPSA) is 33.7 Å². The number of benzene rings is 1. The van der Waals surface area contributed by atoms with E-state index in [-0.39, 0.29) is 11.6 Å². The van der Waals surface area contributed by atoms with Crippen LogP contribution in [0, 0.1) is 6.92 Å².